The Morgan fingerprint density at radius 1 is 1.29 bits per heavy atom. The molecule has 6 heteroatoms. The number of rotatable bonds is 3. The Morgan fingerprint density at radius 3 is 2.76 bits per heavy atom. The number of benzene rings is 1. The van der Waals surface area contributed by atoms with Crippen molar-refractivity contribution in [3.8, 4) is 17.1 Å². The number of H-pyrrole nitrogens is 1. The number of nitrogens with zero attached hydrogens (tertiary/aromatic N) is 3. The first-order chi connectivity index (χ1) is 10.2. The molecule has 0 bridgehead atoms. The maximum absolute atomic E-state index is 12.4. The second kappa shape index (κ2) is 4.18. The second-order valence-electron chi connectivity index (χ2n) is 5.65. The molecule has 1 aliphatic rings. The Balaban J connectivity index is 1.75. The molecular formula is C15H14N4O2. The summed E-state index contributed by atoms with van der Waals surface area (Å²) in [6.07, 6.45) is 3.72. The van der Waals surface area contributed by atoms with Gasteiger partial charge in [-0.1, -0.05) is 30.3 Å². The molecule has 1 aliphatic carbocycles. The SMILES string of the molecule is CC1(c2noc(-c3c[nH]n(-c4ccccc4)c3=O)n2)CC1. The molecule has 21 heavy (non-hydrogen) atoms. The molecule has 6 nitrogen and oxygen atoms in total. The van der Waals surface area contributed by atoms with Crippen LogP contribution in [-0.2, 0) is 5.41 Å². The van der Waals surface area contributed by atoms with Gasteiger partial charge in [0, 0.05) is 11.6 Å². The fourth-order valence-electron chi connectivity index (χ4n) is 2.28. The lowest BCUT2D eigenvalue weighted by molar-refractivity contribution is 0.415. The van der Waals surface area contributed by atoms with Crippen LogP contribution in [0, 0.1) is 0 Å². The molecule has 1 N–H and O–H groups in total. The van der Waals surface area contributed by atoms with Crippen LogP contribution in [0.2, 0.25) is 0 Å². The molecule has 3 aromatic rings. The van der Waals surface area contributed by atoms with Crippen molar-refractivity contribution in [3.05, 3.63) is 52.7 Å². The predicted octanol–water partition coefficient (Wildman–Crippen LogP) is 2.27. The quantitative estimate of drug-likeness (QED) is 0.799. The molecule has 2 aromatic heterocycles. The highest BCUT2D eigenvalue weighted by molar-refractivity contribution is 5.51. The van der Waals surface area contributed by atoms with Crippen LogP contribution in [0.25, 0.3) is 17.1 Å². The van der Waals surface area contributed by atoms with Gasteiger partial charge in [-0.05, 0) is 25.0 Å². The average Bonchev–Trinajstić information content (AvgIpc) is 2.92. The van der Waals surface area contributed by atoms with Crippen LogP contribution in [0.1, 0.15) is 25.6 Å². The van der Waals surface area contributed by atoms with Gasteiger partial charge in [-0.3, -0.25) is 9.89 Å². The van der Waals surface area contributed by atoms with E-state index >= 15 is 0 Å². The third-order valence-corrected chi connectivity index (χ3v) is 3.98. The minimum atomic E-state index is -0.197. The Hall–Kier alpha value is -2.63. The van der Waals surface area contributed by atoms with E-state index in [1.54, 1.807) is 6.20 Å². The van der Waals surface area contributed by atoms with E-state index in [0.29, 0.717) is 11.4 Å². The minimum Gasteiger partial charge on any atom is -0.334 e. The van der Waals surface area contributed by atoms with Gasteiger partial charge in [0.05, 0.1) is 5.69 Å². The largest absolute Gasteiger partial charge is 0.334 e. The predicted molar refractivity (Wildman–Crippen MR) is 76.3 cm³/mol. The third kappa shape index (κ3) is 1.91. The number of hydrogen-bond acceptors (Lipinski definition) is 4. The highest BCUT2D eigenvalue weighted by Crippen LogP contribution is 2.46. The number of para-hydroxylation sites is 1. The normalized spacial score (nSPS) is 16.0. The highest BCUT2D eigenvalue weighted by Gasteiger charge is 2.43. The van der Waals surface area contributed by atoms with E-state index in [2.05, 4.69) is 22.2 Å². The zero-order valence-corrected chi connectivity index (χ0v) is 11.5. The van der Waals surface area contributed by atoms with Gasteiger partial charge in [0.25, 0.3) is 11.4 Å². The summed E-state index contributed by atoms with van der Waals surface area (Å²) in [4.78, 5) is 16.8. The van der Waals surface area contributed by atoms with Crippen LogP contribution in [0.4, 0.5) is 0 Å². The number of nitrogens with one attached hydrogen (secondary N) is 1. The summed E-state index contributed by atoms with van der Waals surface area (Å²) in [6, 6.07) is 9.36. The van der Waals surface area contributed by atoms with Gasteiger partial charge in [0.1, 0.15) is 5.56 Å². The summed E-state index contributed by atoms with van der Waals surface area (Å²) in [6.45, 7) is 2.10. The van der Waals surface area contributed by atoms with Gasteiger partial charge in [-0.25, -0.2) is 4.68 Å². The minimum absolute atomic E-state index is 0.0243. The Morgan fingerprint density at radius 2 is 2.05 bits per heavy atom. The van der Waals surface area contributed by atoms with Gasteiger partial charge < -0.3 is 4.52 Å². The Kier molecular flexibility index (Phi) is 2.42. The summed E-state index contributed by atoms with van der Waals surface area (Å²) in [5.41, 5.74) is 0.984. The standard InChI is InChI=1S/C15H14N4O2/c1-15(7-8-15)14-17-12(21-18-14)11-9-16-19(13(11)20)10-5-3-2-4-6-10/h2-6,9,16H,7-8H2,1H3. The summed E-state index contributed by atoms with van der Waals surface area (Å²) in [5.74, 6) is 0.957. The molecule has 0 radical (unpaired) electrons. The van der Waals surface area contributed by atoms with E-state index in [-0.39, 0.29) is 16.9 Å². The molecule has 0 spiro atoms. The van der Waals surface area contributed by atoms with Crippen molar-refractivity contribution in [1.29, 1.82) is 0 Å². The van der Waals surface area contributed by atoms with E-state index in [4.69, 9.17) is 4.52 Å². The fraction of sp³-hybridized carbons (Fsp3) is 0.267. The zero-order valence-electron chi connectivity index (χ0n) is 11.5. The van der Waals surface area contributed by atoms with Crippen LogP contribution >= 0.6 is 0 Å². The smallest absolute Gasteiger partial charge is 0.284 e. The van der Waals surface area contributed by atoms with Crippen molar-refractivity contribution in [2.45, 2.75) is 25.2 Å². The van der Waals surface area contributed by atoms with E-state index < -0.39 is 0 Å². The first kappa shape index (κ1) is 12.1. The molecule has 0 aliphatic heterocycles. The van der Waals surface area contributed by atoms with E-state index in [9.17, 15) is 4.79 Å². The lowest BCUT2D eigenvalue weighted by Crippen LogP contribution is -2.15. The maximum atomic E-state index is 12.4. The van der Waals surface area contributed by atoms with Crippen molar-refractivity contribution in [2.24, 2.45) is 0 Å². The third-order valence-electron chi connectivity index (χ3n) is 3.98. The molecule has 0 amide bonds. The van der Waals surface area contributed by atoms with Crippen LogP contribution in [0.15, 0.2) is 45.8 Å². The average molecular weight is 282 g/mol. The molecule has 0 atom stereocenters. The topological polar surface area (TPSA) is 76.7 Å². The molecule has 0 unspecified atom stereocenters. The Bertz CT molecular complexity index is 840. The van der Waals surface area contributed by atoms with Gasteiger partial charge >= 0.3 is 0 Å². The lowest BCUT2D eigenvalue weighted by atomic mass is 10.1. The monoisotopic (exact) mass is 282 g/mol. The molecule has 0 saturated heterocycles. The molecule has 4 rings (SSSR count). The van der Waals surface area contributed by atoms with Crippen molar-refractivity contribution >= 4 is 0 Å². The van der Waals surface area contributed by atoms with Crippen molar-refractivity contribution in [1.82, 2.24) is 19.9 Å². The highest BCUT2D eigenvalue weighted by atomic mass is 16.5. The van der Waals surface area contributed by atoms with Crippen LogP contribution in [0.3, 0.4) is 0 Å². The number of aromatic amines is 1. The molecule has 1 fully saturated rings. The summed E-state index contributed by atoms with van der Waals surface area (Å²) in [7, 11) is 0. The lowest BCUT2D eigenvalue weighted by Gasteiger charge is -1.99. The maximum Gasteiger partial charge on any atom is 0.284 e. The van der Waals surface area contributed by atoms with Crippen molar-refractivity contribution in [3.63, 3.8) is 0 Å². The first-order valence-electron chi connectivity index (χ1n) is 6.88. The Labute approximate surface area is 120 Å². The van der Waals surface area contributed by atoms with Gasteiger partial charge in [0.15, 0.2) is 5.82 Å². The van der Waals surface area contributed by atoms with Crippen LogP contribution in [0.5, 0.6) is 0 Å². The summed E-state index contributed by atoms with van der Waals surface area (Å²) in [5, 5.41) is 6.93. The zero-order chi connectivity index (χ0) is 14.4. The van der Waals surface area contributed by atoms with Crippen LogP contribution < -0.4 is 5.56 Å². The number of aromatic nitrogens is 4. The van der Waals surface area contributed by atoms with E-state index in [1.165, 1.54) is 4.68 Å². The molecule has 2 heterocycles. The van der Waals surface area contributed by atoms with Crippen molar-refractivity contribution < 1.29 is 4.52 Å². The summed E-state index contributed by atoms with van der Waals surface area (Å²) < 4.78 is 6.71. The van der Waals surface area contributed by atoms with Crippen molar-refractivity contribution in [2.75, 3.05) is 0 Å². The van der Waals surface area contributed by atoms with E-state index in [0.717, 1.165) is 18.5 Å². The summed E-state index contributed by atoms with van der Waals surface area (Å²) >= 11 is 0. The van der Waals surface area contributed by atoms with Crippen LogP contribution in [-0.4, -0.2) is 19.9 Å². The number of hydrogen-bond donors (Lipinski definition) is 1. The van der Waals surface area contributed by atoms with Gasteiger partial charge in [-0.2, -0.15) is 4.98 Å². The first-order valence-corrected chi connectivity index (χ1v) is 6.88. The molecule has 1 aromatic carbocycles. The second-order valence-corrected chi connectivity index (χ2v) is 5.65. The molecule has 1 saturated carbocycles. The molecule has 106 valence electrons. The van der Waals surface area contributed by atoms with Gasteiger partial charge in [-0.15, -0.1) is 0 Å². The van der Waals surface area contributed by atoms with E-state index in [1.807, 2.05) is 30.3 Å². The van der Waals surface area contributed by atoms with Gasteiger partial charge in [0.2, 0.25) is 0 Å². The molecular weight excluding hydrogens is 268 g/mol. The fourth-order valence-corrected chi connectivity index (χ4v) is 2.28.